The van der Waals surface area contributed by atoms with Crippen LogP contribution in [0.15, 0.2) is 0 Å². The van der Waals surface area contributed by atoms with Gasteiger partial charge in [0.2, 0.25) is 0 Å². The van der Waals surface area contributed by atoms with Crippen molar-refractivity contribution in [3.05, 3.63) is 0 Å². The van der Waals surface area contributed by atoms with Crippen LogP contribution in [0.5, 0.6) is 0 Å². The van der Waals surface area contributed by atoms with E-state index in [1.165, 1.54) is 19.1 Å². The molecule has 0 radical (unpaired) electrons. The van der Waals surface area contributed by atoms with E-state index >= 15 is 0 Å². The van der Waals surface area contributed by atoms with E-state index in [0.29, 0.717) is 0 Å². The fraction of sp³-hybridized carbons (Fsp3) is 0.917. The number of carbonyl (C=O) groups is 1. The molecule has 0 aromatic rings. The van der Waals surface area contributed by atoms with Gasteiger partial charge in [0.05, 0.1) is 0 Å². The molecule has 1 saturated heterocycles. The molecule has 2 fully saturated rings. The number of rotatable bonds is 5. The van der Waals surface area contributed by atoms with E-state index in [1.807, 2.05) is 0 Å². The zero-order valence-corrected chi connectivity index (χ0v) is 9.58. The maximum atomic E-state index is 11.3. The van der Waals surface area contributed by atoms with Gasteiger partial charge in [-0.15, -0.1) is 0 Å². The highest BCUT2D eigenvalue weighted by Crippen LogP contribution is 2.34. The molecule has 0 N–H and O–H groups in total. The molecule has 3 heteroatoms. The summed E-state index contributed by atoms with van der Waals surface area (Å²) in [4.78, 5) is 13.8. The Morgan fingerprint density at radius 1 is 1.40 bits per heavy atom. The molecule has 2 aliphatic rings. The number of ether oxygens (including phenoxy) is 1. The predicted octanol–water partition coefficient (Wildman–Crippen LogP) is 1.47. The van der Waals surface area contributed by atoms with Crippen LogP contribution in [0.4, 0.5) is 0 Å². The molecule has 1 aliphatic carbocycles. The lowest BCUT2D eigenvalue weighted by Gasteiger charge is -2.36. The Kier molecular flexibility index (Phi) is 3.42. The van der Waals surface area contributed by atoms with Gasteiger partial charge < -0.3 is 9.53 Å². The lowest BCUT2D eigenvalue weighted by molar-refractivity contribution is -0.123. The summed E-state index contributed by atoms with van der Waals surface area (Å²) < 4.78 is 5.34. The Bertz CT molecular complexity index is 220. The molecule has 0 aromatic heterocycles. The highest BCUT2D eigenvalue weighted by atomic mass is 16.5. The molecule has 0 aromatic carbocycles. The van der Waals surface area contributed by atoms with Crippen molar-refractivity contribution in [2.45, 2.75) is 38.6 Å². The van der Waals surface area contributed by atoms with E-state index in [-0.39, 0.29) is 5.41 Å². The summed E-state index contributed by atoms with van der Waals surface area (Å²) in [7, 11) is 0. The number of nitrogens with zero attached hydrogens (tertiary/aromatic N) is 1. The minimum absolute atomic E-state index is 0.114. The number of carbonyl (C=O) groups excluding carboxylic acids is 1. The van der Waals surface area contributed by atoms with Gasteiger partial charge in [0.25, 0.3) is 0 Å². The Hall–Kier alpha value is -0.410. The van der Waals surface area contributed by atoms with Gasteiger partial charge in [-0.2, -0.15) is 0 Å². The molecule has 0 unspecified atom stereocenters. The zero-order chi connectivity index (χ0) is 10.7. The third-order valence-electron chi connectivity index (χ3n) is 3.73. The van der Waals surface area contributed by atoms with E-state index in [0.717, 1.165) is 45.2 Å². The van der Waals surface area contributed by atoms with E-state index < -0.39 is 0 Å². The van der Waals surface area contributed by atoms with E-state index in [1.54, 1.807) is 0 Å². The van der Waals surface area contributed by atoms with Crippen molar-refractivity contribution < 1.29 is 9.53 Å². The number of hydrogen-bond donors (Lipinski definition) is 0. The molecule has 0 spiro atoms. The second kappa shape index (κ2) is 4.62. The number of aldehydes is 1. The fourth-order valence-corrected chi connectivity index (χ4v) is 2.43. The summed E-state index contributed by atoms with van der Waals surface area (Å²) in [6, 6.07) is 0.759. The van der Waals surface area contributed by atoms with Crippen molar-refractivity contribution in [2.75, 3.05) is 26.3 Å². The standard InChI is InChI=1S/C12H21NO2/c1-2-13(11-3-4-11)9-12(10-14)5-7-15-8-6-12/h10-11H,2-9H2,1H3. The van der Waals surface area contributed by atoms with Crippen LogP contribution in [0.2, 0.25) is 0 Å². The SMILES string of the molecule is CCN(CC1(C=O)CCOCC1)C1CC1. The van der Waals surface area contributed by atoms with Gasteiger partial charge in [0.15, 0.2) is 0 Å². The molecule has 0 atom stereocenters. The molecule has 3 nitrogen and oxygen atoms in total. The molecule has 86 valence electrons. The maximum Gasteiger partial charge on any atom is 0.127 e. The van der Waals surface area contributed by atoms with Gasteiger partial charge in [-0.05, 0) is 32.2 Å². The van der Waals surface area contributed by atoms with Gasteiger partial charge in [-0.3, -0.25) is 4.90 Å². The van der Waals surface area contributed by atoms with E-state index in [2.05, 4.69) is 11.8 Å². The third-order valence-corrected chi connectivity index (χ3v) is 3.73. The van der Waals surface area contributed by atoms with Gasteiger partial charge >= 0.3 is 0 Å². The van der Waals surface area contributed by atoms with Crippen LogP contribution in [0.1, 0.15) is 32.6 Å². The minimum Gasteiger partial charge on any atom is -0.381 e. The highest BCUT2D eigenvalue weighted by molar-refractivity contribution is 5.60. The Morgan fingerprint density at radius 2 is 2.07 bits per heavy atom. The van der Waals surface area contributed by atoms with Gasteiger partial charge in [-0.1, -0.05) is 6.92 Å². The molecule has 1 aliphatic heterocycles. The van der Waals surface area contributed by atoms with Crippen LogP contribution >= 0.6 is 0 Å². The summed E-state index contributed by atoms with van der Waals surface area (Å²) in [6.45, 7) is 5.71. The fourth-order valence-electron chi connectivity index (χ4n) is 2.43. The molecule has 0 bridgehead atoms. The number of hydrogen-bond acceptors (Lipinski definition) is 3. The second-order valence-electron chi connectivity index (χ2n) is 4.89. The molecule has 15 heavy (non-hydrogen) atoms. The summed E-state index contributed by atoms with van der Waals surface area (Å²) in [5.41, 5.74) is -0.114. The molecule has 0 amide bonds. The topological polar surface area (TPSA) is 29.5 Å². The highest BCUT2D eigenvalue weighted by Gasteiger charge is 2.38. The molecule has 1 heterocycles. The van der Waals surface area contributed by atoms with Gasteiger partial charge in [0, 0.05) is 31.2 Å². The Balaban J connectivity index is 1.95. The van der Waals surface area contributed by atoms with Crippen LogP contribution in [0.3, 0.4) is 0 Å². The molecular formula is C12H21NO2. The molecular weight excluding hydrogens is 190 g/mol. The average molecular weight is 211 g/mol. The summed E-state index contributed by atoms with van der Waals surface area (Å²) in [5.74, 6) is 0. The lowest BCUT2D eigenvalue weighted by Crippen LogP contribution is -2.43. The first-order chi connectivity index (χ1) is 7.29. The summed E-state index contributed by atoms with van der Waals surface area (Å²) in [5, 5.41) is 0. The Labute approximate surface area is 91.8 Å². The van der Waals surface area contributed by atoms with Crippen molar-refractivity contribution in [3.8, 4) is 0 Å². The van der Waals surface area contributed by atoms with Crippen LogP contribution in [-0.4, -0.2) is 43.5 Å². The van der Waals surface area contributed by atoms with Crippen LogP contribution < -0.4 is 0 Å². The van der Waals surface area contributed by atoms with Crippen molar-refractivity contribution >= 4 is 6.29 Å². The Morgan fingerprint density at radius 3 is 2.53 bits per heavy atom. The van der Waals surface area contributed by atoms with Crippen LogP contribution in [-0.2, 0) is 9.53 Å². The largest absolute Gasteiger partial charge is 0.381 e. The second-order valence-corrected chi connectivity index (χ2v) is 4.89. The monoisotopic (exact) mass is 211 g/mol. The lowest BCUT2D eigenvalue weighted by atomic mass is 9.81. The first-order valence-corrected chi connectivity index (χ1v) is 6.08. The normalized spacial score (nSPS) is 25.5. The minimum atomic E-state index is -0.114. The van der Waals surface area contributed by atoms with Gasteiger partial charge in [0.1, 0.15) is 6.29 Å². The van der Waals surface area contributed by atoms with Crippen molar-refractivity contribution in [2.24, 2.45) is 5.41 Å². The first-order valence-electron chi connectivity index (χ1n) is 6.08. The van der Waals surface area contributed by atoms with Crippen LogP contribution in [0.25, 0.3) is 0 Å². The zero-order valence-electron chi connectivity index (χ0n) is 9.58. The molecule has 2 rings (SSSR count). The average Bonchev–Trinajstić information content (AvgIpc) is 3.11. The van der Waals surface area contributed by atoms with Gasteiger partial charge in [-0.25, -0.2) is 0 Å². The third kappa shape index (κ3) is 2.58. The van der Waals surface area contributed by atoms with E-state index in [4.69, 9.17) is 4.74 Å². The maximum absolute atomic E-state index is 11.3. The summed E-state index contributed by atoms with van der Waals surface area (Å²) in [6.07, 6.45) is 5.62. The van der Waals surface area contributed by atoms with Crippen molar-refractivity contribution in [1.29, 1.82) is 0 Å². The van der Waals surface area contributed by atoms with Crippen molar-refractivity contribution in [3.63, 3.8) is 0 Å². The molecule has 1 saturated carbocycles. The first kappa shape index (κ1) is 11.1. The summed E-state index contributed by atoms with van der Waals surface area (Å²) >= 11 is 0. The quantitative estimate of drug-likeness (QED) is 0.645. The van der Waals surface area contributed by atoms with Crippen LogP contribution in [0, 0.1) is 5.41 Å². The van der Waals surface area contributed by atoms with E-state index in [9.17, 15) is 4.79 Å². The smallest absolute Gasteiger partial charge is 0.127 e. The van der Waals surface area contributed by atoms with Crippen molar-refractivity contribution in [1.82, 2.24) is 4.90 Å². The predicted molar refractivity (Wildman–Crippen MR) is 58.8 cm³/mol.